The number of benzene rings is 1. The molecule has 1 amide bonds. The number of esters is 1. The van der Waals surface area contributed by atoms with Crippen molar-refractivity contribution in [3.63, 3.8) is 0 Å². The van der Waals surface area contributed by atoms with Gasteiger partial charge in [0.15, 0.2) is 0 Å². The molecule has 2 heterocycles. The summed E-state index contributed by atoms with van der Waals surface area (Å²) in [7, 11) is 1.44. The number of rotatable bonds is 14. The first-order valence-corrected chi connectivity index (χ1v) is 14.4. The maximum Gasteiger partial charge on any atom is 0.305 e. The van der Waals surface area contributed by atoms with Gasteiger partial charge in [0.05, 0.1) is 18.1 Å². The van der Waals surface area contributed by atoms with Crippen LogP contribution in [0.5, 0.6) is 0 Å². The summed E-state index contributed by atoms with van der Waals surface area (Å²) in [6.07, 6.45) is 7.92. The molecular formula is C30H48N4O3. The highest BCUT2D eigenvalue weighted by Gasteiger charge is 2.20. The van der Waals surface area contributed by atoms with E-state index in [0.717, 1.165) is 74.3 Å². The summed E-state index contributed by atoms with van der Waals surface area (Å²) in [5.74, 6) is 1.83. The third kappa shape index (κ3) is 8.84. The summed E-state index contributed by atoms with van der Waals surface area (Å²) in [6, 6.07) is 5.99. The third-order valence-corrected chi connectivity index (χ3v) is 7.10. The molecule has 0 atom stereocenters. The van der Waals surface area contributed by atoms with Crippen molar-refractivity contribution in [2.45, 2.75) is 85.6 Å². The largest absolute Gasteiger partial charge is 0.469 e. The van der Waals surface area contributed by atoms with E-state index < -0.39 is 0 Å². The average molecular weight is 513 g/mol. The van der Waals surface area contributed by atoms with Crippen molar-refractivity contribution in [1.29, 1.82) is 0 Å². The number of methoxy groups -OCH3 is 1. The minimum atomic E-state index is -0.162. The fourth-order valence-electron chi connectivity index (χ4n) is 5.34. The molecule has 1 fully saturated rings. The third-order valence-electron chi connectivity index (χ3n) is 7.10. The van der Waals surface area contributed by atoms with Gasteiger partial charge in [0.2, 0.25) is 0 Å². The van der Waals surface area contributed by atoms with E-state index in [1.807, 2.05) is 17.0 Å². The molecule has 0 spiro atoms. The molecular weight excluding hydrogens is 464 g/mol. The lowest BCUT2D eigenvalue weighted by Gasteiger charge is -2.27. The monoisotopic (exact) mass is 512 g/mol. The van der Waals surface area contributed by atoms with Gasteiger partial charge in [-0.05, 0) is 81.8 Å². The van der Waals surface area contributed by atoms with E-state index in [2.05, 4.69) is 43.2 Å². The predicted octanol–water partition coefficient (Wildman–Crippen LogP) is 5.55. The molecule has 1 saturated heterocycles. The molecule has 3 rings (SSSR count). The van der Waals surface area contributed by atoms with Gasteiger partial charge in [0, 0.05) is 38.0 Å². The number of nitrogens with zero attached hydrogens (tertiary/aromatic N) is 4. The maximum absolute atomic E-state index is 13.5. The van der Waals surface area contributed by atoms with Crippen LogP contribution in [0.2, 0.25) is 0 Å². The second-order valence-corrected chi connectivity index (χ2v) is 11.4. The number of hydrogen-bond donors (Lipinski definition) is 0. The molecule has 1 aliphatic rings. The lowest BCUT2D eigenvalue weighted by molar-refractivity contribution is -0.140. The fourth-order valence-corrected chi connectivity index (χ4v) is 5.34. The van der Waals surface area contributed by atoms with E-state index in [0.29, 0.717) is 18.3 Å². The number of piperidine rings is 1. The number of likely N-dealkylation sites (tertiary alicyclic amines) is 1. The molecule has 1 aliphatic heterocycles. The number of carbonyl (C=O) groups excluding carboxylic acids is 2. The Labute approximate surface area is 223 Å². The van der Waals surface area contributed by atoms with E-state index in [1.54, 1.807) is 0 Å². The van der Waals surface area contributed by atoms with Crippen LogP contribution >= 0.6 is 0 Å². The Bertz CT molecular complexity index is 998. The number of imidazole rings is 1. The normalized spacial score (nSPS) is 14.6. The van der Waals surface area contributed by atoms with Gasteiger partial charge in [-0.3, -0.25) is 9.59 Å². The summed E-state index contributed by atoms with van der Waals surface area (Å²) >= 11 is 0. The number of unbranched alkanes of at least 4 members (excludes halogenated alkanes) is 1. The van der Waals surface area contributed by atoms with Crippen LogP contribution in [-0.4, -0.2) is 71.1 Å². The van der Waals surface area contributed by atoms with E-state index in [9.17, 15) is 9.59 Å². The number of aryl methyl sites for hydroxylation is 2. The Morgan fingerprint density at radius 3 is 2.32 bits per heavy atom. The van der Waals surface area contributed by atoms with Crippen LogP contribution in [0.4, 0.5) is 0 Å². The van der Waals surface area contributed by atoms with Gasteiger partial charge in [-0.25, -0.2) is 4.98 Å². The lowest BCUT2D eigenvalue weighted by Crippen LogP contribution is -2.37. The molecule has 0 N–H and O–H groups in total. The van der Waals surface area contributed by atoms with Crippen LogP contribution in [0.15, 0.2) is 18.2 Å². The topological polar surface area (TPSA) is 67.7 Å². The maximum atomic E-state index is 13.5. The van der Waals surface area contributed by atoms with Crippen molar-refractivity contribution in [2.75, 3.05) is 39.8 Å². The first kappa shape index (κ1) is 29.2. The molecule has 2 aromatic rings. The highest BCUT2D eigenvalue weighted by molar-refractivity contribution is 5.97. The van der Waals surface area contributed by atoms with Crippen LogP contribution in [0.1, 0.15) is 88.8 Å². The minimum Gasteiger partial charge on any atom is -0.469 e. The van der Waals surface area contributed by atoms with Gasteiger partial charge in [0.25, 0.3) is 5.91 Å². The van der Waals surface area contributed by atoms with Crippen molar-refractivity contribution < 1.29 is 14.3 Å². The first-order chi connectivity index (χ1) is 17.8. The van der Waals surface area contributed by atoms with Crippen molar-refractivity contribution in [3.05, 3.63) is 29.6 Å². The Morgan fingerprint density at radius 1 is 0.973 bits per heavy atom. The minimum absolute atomic E-state index is 0.102. The number of carbonyl (C=O) groups is 2. The Balaban J connectivity index is 1.82. The Morgan fingerprint density at radius 2 is 1.68 bits per heavy atom. The number of hydrogen-bond acceptors (Lipinski definition) is 5. The standard InChI is InChI=1S/C30H48N4O3/c1-23(2)21-33(22-24(3)4)30(36)25-14-15-26-27(20-25)34(19-11-18-32-16-9-6-10-17-32)28(31-26)12-7-8-13-29(35)37-5/h14-15,20,23-24H,6-13,16-19,21-22H2,1-5H3. The molecule has 0 unspecified atom stereocenters. The first-order valence-electron chi connectivity index (χ1n) is 14.4. The SMILES string of the molecule is COC(=O)CCCCc1nc2ccc(C(=O)N(CC(C)C)CC(C)C)cc2n1CCCN1CCCCC1. The van der Waals surface area contributed by atoms with Gasteiger partial charge < -0.3 is 19.1 Å². The van der Waals surface area contributed by atoms with Gasteiger partial charge in [-0.2, -0.15) is 0 Å². The summed E-state index contributed by atoms with van der Waals surface area (Å²) < 4.78 is 7.11. The van der Waals surface area contributed by atoms with Gasteiger partial charge in [0.1, 0.15) is 5.82 Å². The molecule has 1 aromatic heterocycles. The molecule has 206 valence electrons. The smallest absolute Gasteiger partial charge is 0.305 e. The van der Waals surface area contributed by atoms with Crippen LogP contribution in [0.25, 0.3) is 11.0 Å². The molecule has 0 aliphatic carbocycles. The molecule has 0 bridgehead atoms. The highest BCUT2D eigenvalue weighted by atomic mass is 16.5. The van der Waals surface area contributed by atoms with E-state index in [1.165, 1.54) is 39.5 Å². The van der Waals surface area contributed by atoms with Crippen LogP contribution in [-0.2, 0) is 22.5 Å². The second-order valence-electron chi connectivity index (χ2n) is 11.4. The summed E-state index contributed by atoms with van der Waals surface area (Å²) in [4.78, 5) is 34.6. The molecule has 0 radical (unpaired) electrons. The highest BCUT2D eigenvalue weighted by Crippen LogP contribution is 2.22. The Kier molecular flexibility index (Phi) is 11.4. The van der Waals surface area contributed by atoms with Gasteiger partial charge in [-0.15, -0.1) is 0 Å². The zero-order valence-corrected chi connectivity index (χ0v) is 23.8. The summed E-state index contributed by atoms with van der Waals surface area (Å²) in [5, 5.41) is 0. The van der Waals surface area contributed by atoms with Crippen molar-refractivity contribution in [2.24, 2.45) is 11.8 Å². The molecule has 7 heteroatoms. The quantitative estimate of drug-likeness (QED) is 0.245. The van der Waals surface area contributed by atoms with Crippen LogP contribution in [0, 0.1) is 11.8 Å². The number of aromatic nitrogens is 2. The second kappa shape index (κ2) is 14.5. The zero-order valence-electron chi connectivity index (χ0n) is 23.8. The number of fused-ring (bicyclic) bond motifs is 1. The summed E-state index contributed by atoms with van der Waals surface area (Å²) in [5.41, 5.74) is 2.72. The van der Waals surface area contributed by atoms with Crippen molar-refractivity contribution >= 4 is 22.9 Å². The molecule has 7 nitrogen and oxygen atoms in total. The van der Waals surface area contributed by atoms with Crippen molar-refractivity contribution in [3.8, 4) is 0 Å². The van der Waals surface area contributed by atoms with E-state index >= 15 is 0 Å². The van der Waals surface area contributed by atoms with Crippen LogP contribution in [0.3, 0.4) is 0 Å². The van der Waals surface area contributed by atoms with Crippen LogP contribution < -0.4 is 0 Å². The zero-order chi connectivity index (χ0) is 26.8. The van der Waals surface area contributed by atoms with E-state index in [-0.39, 0.29) is 11.9 Å². The lowest BCUT2D eigenvalue weighted by atomic mass is 10.1. The van der Waals surface area contributed by atoms with Crippen molar-refractivity contribution in [1.82, 2.24) is 19.4 Å². The molecule has 37 heavy (non-hydrogen) atoms. The number of amides is 1. The fraction of sp³-hybridized carbons (Fsp3) is 0.700. The van der Waals surface area contributed by atoms with E-state index in [4.69, 9.17) is 9.72 Å². The number of ether oxygens (including phenoxy) is 1. The predicted molar refractivity (Wildman–Crippen MR) is 150 cm³/mol. The summed E-state index contributed by atoms with van der Waals surface area (Å²) in [6.45, 7) is 14.5. The average Bonchev–Trinajstić information content (AvgIpc) is 3.22. The Hall–Kier alpha value is -2.41. The molecule has 1 aromatic carbocycles. The molecule has 0 saturated carbocycles. The van der Waals surface area contributed by atoms with Gasteiger partial charge >= 0.3 is 5.97 Å². The van der Waals surface area contributed by atoms with Gasteiger partial charge in [-0.1, -0.05) is 34.1 Å².